The minimum Gasteiger partial charge on any atom is -0.508 e. The van der Waals surface area contributed by atoms with Gasteiger partial charge in [-0.3, -0.25) is 62.4 Å². The second-order valence-corrected chi connectivity index (χ2v) is 23.9. The van der Waals surface area contributed by atoms with E-state index < -0.39 is 193 Å². The number of imide groups is 1. The van der Waals surface area contributed by atoms with Crippen LogP contribution in [0, 0.1) is 35.5 Å². The number of carbonyl (C=O) groups is 14. The van der Waals surface area contributed by atoms with Crippen LogP contribution >= 0.6 is 0 Å². The molecular formula is C64H96N10O19. The zero-order valence-electron chi connectivity index (χ0n) is 53.9. The number of nitrogens with one attached hydrogen (secondary N) is 5. The van der Waals surface area contributed by atoms with E-state index >= 15 is 0 Å². The monoisotopic (exact) mass is 1310 g/mol. The molecule has 1 aliphatic heterocycles. The summed E-state index contributed by atoms with van der Waals surface area (Å²) in [4.78, 5) is 178. The maximum Gasteiger partial charge on any atom is 0.326 e. The summed E-state index contributed by atoms with van der Waals surface area (Å²) >= 11 is 0. The van der Waals surface area contributed by atoms with Crippen LogP contribution in [0.1, 0.15) is 143 Å². The molecule has 1 unspecified atom stereocenters. The molecule has 0 spiro atoms. The Morgan fingerprint density at radius 1 is 0.538 bits per heavy atom. The molecule has 0 aromatic heterocycles. The smallest absolute Gasteiger partial charge is 0.326 e. The Balaban J connectivity index is 0.000000633. The van der Waals surface area contributed by atoms with Crippen molar-refractivity contribution in [1.82, 2.24) is 31.5 Å². The second-order valence-electron chi connectivity index (χ2n) is 23.9. The lowest BCUT2D eigenvalue weighted by Crippen LogP contribution is -2.48. The fourth-order valence-corrected chi connectivity index (χ4v) is 9.98. The third-order valence-corrected chi connectivity index (χ3v) is 16.0. The van der Waals surface area contributed by atoms with Crippen molar-refractivity contribution in [3.8, 4) is 11.5 Å². The molecule has 18 N–H and O–H groups in total. The lowest BCUT2D eigenvalue weighted by Gasteiger charge is -2.24. The van der Waals surface area contributed by atoms with Crippen molar-refractivity contribution in [3.05, 3.63) is 59.7 Å². The van der Waals surface area contributed by atoms with Gasteiger partial charge in [0, 0.05) is 43.9 Å². The summed E-state index contributed by atoms with van der Waals surface area (Å²) in [6.45, 7) is 9.37. The number of likely N-dealkylation sites (tertiary alicyclic amines) is 1. The molecule has 1 aliphatic rings. The molecule has 1 saturated heterocycles. The number of aromatic hydroxyl groups is 2. The average Bonchev–Trinajstić information content (AvgIpc) is 1.73. The van der Waals surface area contributed by atoms with E-state index in [0.717, 1.165) is 4.90 Å². The summed E-state index contributed by atoms with van der Waals surface area (Å²) in [5.74, 6) is -16.0. The Hall–Kier alpha value is -8.54. The van der Waals surface area contributed by atoms with E-state index in [9.17, 15) is 92.7 Å². The van der Waals surface area contributed by atoms with Crippen LogP contribution in [0.25, 0.3) is 0 Å². The van der Waals surface area contributed by atoms with E-state index in [0.29, 0.717) is 62.7 Å². The van der Waals surface area contributed by atoms with Crippen molar-refractivity contribution in [3.63, 3.8) is 0 Å². The zero-order valence-corrected chi connectivity index (χ0v) is 53.9. The normalized spacial score (nSPS) is 16.4. The van der Waals surface area contributed by atoms with Crippen molar-refractivity contribution < 1.29 is 92.7 Å². The molecule has 12 atom stereocenters. The molecule has 2 aromatic rings. The third-order valence-electron chi connectivity index (χ3n) is 16.0. The molecular weight excluding hydrogens is 1210 g/mol. The second kappa shape index (κ2) is 41.1. The van der Waals surface area contributed by atoms with E-state index in [1.807, 2.05) is 0 Å². The molecule has 2 aromatic carbocycles. The van der Waals surface area contributed by atoms with E-state index in [1.165, 1.54) is 38.1 Å². The van der Waals surface area contributed by atoms with E-state index in [1.54, 1.807) is 52.0 Å². The third kappa shape index (κ3) is 28.9. The van der Waals surface area contributed by atoms with Crippen LogP contribution in [0.3, 0.4) is 0 Å². The van der Waals surface area contributed by atoms with Crippen LogP contribution in [-0.2, 0) is 80.0 Å². The summed E-state index contributed by atoms with van der Waals surface area (Å²) < 4.78 is 0. The first-order valence-electron chi connectivity index (χ1n) is 31.3. The molecule has 3 rings (SSSR count). The van der Waals surface area contributed by atoms with Gasteiger partial charge in [-0.15, -0.1) is 0 Å². The first kappa shape index (κ1) is 80.6. The lowest BCUT2D eigenvalue weighted by atomic mass is 9.91. The maximum absolute atomic E-state index is 13.3. The van der Waals surface area contributed by atoms with Crippen LogP contribution in [-0.4, -0.2) is 175 Å². The Morgan fingerprint density at radius 3 is 1.34 bits per heavy atom. The molecule has 1 fully saturated rings. The Labute approximate surface area is 541 Å². The van der Waals surface area contributed by atoms with Crippen LogP contribution in [0.2, 0.25) is 0 Å². The molecule has 29 heteroatoms. The quantitative estimate of drug-likeness (QED) is 0.0320. The highest BCUT2D eigenvalue weighted by molar-refractivity contribution is 6.08. The van der Waals surface area contributed by atoms with Gasteiger partial charge in [-0.1, -0.05) is 64.8 Å². The largest absolute Gasteiger partial charge is 0.508 e. The number of ketones is 4. The van der Waals surface area contributed by atoms with Crippen molar-refractivity contribution >= 4 is 82.4 Å². The molecule has 7 amide bonds. The number of carboxylic acids is 3. The number of nitrogens with two attached hydrogens (primary N) is 4. The van der Waals surface area contributed by atoms with E-state index in [2.05, 4.69) is 26.6 Å². The van der Waals surface area contributed by atoms with Gasteiger partial charge in [0.1, 0.15) is 23.6 Å². The number of unbranched alkanes of at least 4 members (excludes halogenated alkanes) is 2. The Bertz CT molecular complexity index is 2890. The van der Waals surface area contributed by atoms with Crippen molar-refractivity contribution in [2.24, 2.45) is 58.4 Å². The summed E-state index contributed by atoms with van der Waals surface area (Å²) in [5, 5.41) is 60.4. The summed E-state index contributed by atoms with van der Waals surface area (Å²) in [7, 11) is 0. The van der Waals surface area contributed by atoms with Crippen LogP contribution in [0.5, 0.6) is 11.5 Å². The van der Waals surface area contributed by atoms with Crippen LogP contribution < -0.4 is 49.5 Å². The van der Waals surface area contributed by atoms with Crippen molar-refractivity contribution in [1.29, 1.82) is 0 Å². The van der Waals surface area contributed by atoms with Crippen molar-refractivity contribution in [2.75, 3.05) is 26.2 Å². The minimum absolute atomic E-state index is 0.000771. The molecule has 0 bridgehead atoms. The molecule has 516 valence electrons. The number of Topliss-reactive ketones (excluding diaryl/α,β-unsaturated/α-hetero) is 4. The number of carbonyl (C=O) groups excluding carboxylic acids is 11. The molecule has 0 aliphatic carbocycles. The molecule has 0 radical (unpaired) electrons. The highest BCUT2D eigenvalue weighted by atomic mass is 16.4. The highest BCUT2D eigenvalue weighted by Gasteiger charge is 2.42. The Morgan fingerprint density at radius 2 is 0.957 bits per heavy atom. The number of aliphatic carboxylic acids is 3. The fraction of sp³-hybridized carbons (Fsp3) is 0.594. The first-order chi connectivity index (χ1) is 43.8. The van der Waals surface area contributed by atoms with Gasteiger partial charge in [0.05, 0.1) is 55.5 Å². The highest BCUT2D eigenvalue weighted by Crippen LogP contribution is 2.26. The van der Waals surface area contributed by atoms with Gasteiger partial charge in [0.25, 0.3) is 0 Å². The number of amides is 7. The number of benzene rings is 2. The zero-order chi connectivity index (χ0) is 70.2. The van der Waals surface area contributed by atoms with Crippen molar-refractivity contribution in [2.45, 2.75) is 181 Å². The van der Waals surface area contributed by atoms with Gasteiger partial charge >= 0.3 is 17.9 Å². The standard InChI is InChI=1S/C32H49N5O10.C32H47N5O9/c1-4-18(2)28(32(46)47)37-31(45)21(13-20-8-10-23(38)11-9-20)14-24(39)17-35-30(44)22(16-27(41)42)15-26(40)25(7-5-6-12-33)36-29(43)19(3)34;1-4-18(2)28(32(45)46)36-30(43)21(13-20-8-10-23(38)11-9-20)14-24(39)17-37-27(41)16-22(31(37)44)15-26(40)25(7-5-6-12-33)35-29(42)19(3)34/h8-11,18-19,21-22,25,28,38H,4-7,12-17,33-34H2,1-3H3,(H,35,44)(H,36,43)(H,37,45)(H,41,42)(H,46,47);8-11,18-19,21-22,25,28,38H,4-7,12-17,33-34H2,1-3H3,(H,35,42)(H,36,43)(H,45,46)/t18-,19-,21+,22-,25-,28-;18-,19-,21+,22?,25-,28-/m00/s1. The maximum atomic E-state index is 13.3. The predicted octanol–water partition coefficient (Wildman–Crippen LogP) is 0.674. The average molecular weight is 1310 g/mol. The number of rotatable bonds is 43. The molecule has 0 saturated carbocycles. The van der Waals surface area contributed by atoms with Gasteiger partial charge in [0.2, 0.25) is 41.4 Å². The van der Waals surface area contributed by atoms with Gasteiger partial charge in [-0.05, 0) is 126 Å². The minimum atomic E-state index is -1.36. The van der Waals surface area contributed by atoms with E-state index in [4.69, 9.17) is 22.9 Å². The van der Waals surface area contributed by atoms with Gasteiger partial charge in [-0.2, -0.15) is 0 Å². The predicted molar refractivity (Wildman–Crippen MR) is 338 cm³/mol. The van der Waals surface area contributed by atoms with Crippen LogP contribution in [0.15, 0.2) is 48.5 Å². The van der Waals surface area contributed by atoms with Gasteiger partial charge < -0.3 is 75.1 Å². The molecule has 29 nitrogen and oxygen atoms in total. The molecule has 1 heterocycles. The fourth-order valence-electron chi connectivity index (χ4n) is 9.98. The Kier molecular flexibility index (Phi) is 35.6. The summed E-state index contributed by atoms with van der Waals surface area (Å²) in [6, 6.07) is 5.80. The van der Waals surface area contributed by atoms with E-state index in [-0.39, 0.29) is 50.0 Å². The number of nitrogens with zero attached hydrogens (tertiary/aromatic N) is 1. The number of hydrogen-bond donors (Lipinski definition) is 14. The molecule has 93 heavy (non-hydrogen) atoms. The van der Waals surface area contributed by atoms with Crippen LogP contribution in [0.4, 0.5) is 0 Å². The summed E-state index contributed by atoms with van der Waals surface area (Å²) in [6.07, 6.45) is 1.07. The number of phenolic OH excluding ortho intramolecular Hbond substituents is 2. The topological polar surface area (TPSA) is 508 Å². The SMILES string of the molecule is CC[C@H](C)[C@H](NC(=O)[C@@H](CC(=O)CN1C(=O)CC(CC(=O)[C@H](CCCCN)NC(=O)[C@H](C)N)C1=O)Cc1ccc(O)cc1)C(=O)O.CC[C@H](C)[C@H](NC(=O)[C@@H](CC(=O)CNC(=O)[C@H](CC(=O)O)CC(=O)[C@H](CCCCN)NC(=O)[C@H](C)N)Cc1ccc(O)cc1)C(=O)O. The lowest BCUT2D eigenvalue weighted by molar-refractivity contribution is -0.145. The number of hydrogen-bond acceptors (Lipinski definition) is 20. The summed E-state index contributed by atoms with van der Waals surface area (Å²) in [5.41, 5.74) is 23.5. The van der Waals surface area contributed by atoms with Gasteiger partial charge in [0.15, 0.2) is 23.1 Å². The number of phenols is 2. The van der Waals surface area contributed by atoms with Gasteiger partial charge in [-0.25, -0.2) is 9.59 Å². The first-order valence-corrected chi connectivity index (χ1v) is 31.3. The number of carboxylic acid groups (broad SMARTS) is 3.